The molecule has 2 heterocycles. The van der Waals surface area contributed by atoms with Crippen LogP contribution in [0.1, 0.15) is 5.56 Å². The van der Waals surface area contributed by atoms with E-state index in [9.17, 15) is 4.39 Å². The third-order valence-corrected chi connectivity index (χ3v) is 4.27. The highest BCUT2D eigenvalue weighted by molar-refractivity contribution is 7.98. The summed E-state index contributed by atoms with van der Waals surface area (Å²) in [5.74, 6) is 1.23. The van der Waals surface area contributed by atoms with Crippen LogP contribution in [0.2, 0.25) is 0 Å². The molecule has 0 aliphatic heterocycles. The van der Waals surface area contributed by atoms with Gasteiger partial charge in [-0.25, -0.2) is 4.39 Å². The average molecular weight is 326 g/mol. The van der Waals surface area contributed by atoms with Crippen LogP contribution >= 0.6 is 11.8 Å². The molecule has 3 aromatic rings. The van der Waals surface area contributed by atoms with E-state index >= 15 is 0 Å². The van der Waals surface area contributed by atoms with Crippen LogP contribution in [0, 0.1) is 5.82 Å². The van der Waals surface area contributed by atoms with E-state index in [0.717, 1.165) is 22.1 Å². The molecule has 0 fully saturated rings. The molecule has 0 N–H and O–H groups in total. The van der Waals surface area contributed by atoms with Crippen molar-refractivity contribution in [2.24, 2.45) is 0 Å². The molecule has 4 nitrogen and oxygen atoms in total. The first-order chi connectivity index (χ1) is 11.3. The summed E-state index contributed by atoms with van der Waals surface area (Å²) in [6, 6.07) is 10.3. The van der Waals surface area contributed by atoms with Crippen LogP contribution in [0.5, 0.6) is 0 Å². The van der Waals surface area contributed by atoms with Crippen LogP contribution in [0.3, 0.4) is 0 Å². The van der Waals surface area contributed by atoms with Crippen molar-refractivity contribution in [1.29, 1.82) is 0 Å². The maximum Gasteiger partial charge on any atom is 0.192 e. The lowest BCUT2D eigenvalue weighted by Crippen LogP contribution is -2.00. The molecule has 1 aromatic carbocycles. The van der Waals surface area contributed by atoms with E-state index in [4.69, 9.17) is 0 Å². The summed E-state index contributed by atoms with van der Waals surface area (Å²) < 4.78 is 15.0. The smallest absolute Gasteiger partial charge is 0.192 e. The predicted octanol–water partition coefficient (Wildman–Crippen LogP) is 3.96. The number of hydrogen-bond acceptors (Lipinski definition) is 4. The SMILES string of the molecule is C=CCn1c(SCc2ccc(F)cc2)nnc1-c1cccnc1. The molecule has 6 heteroatoms. The topological polar surface area (TPSA) is 43.6 Å². The molecule has 0 aliphatic rings. The van der Waals surface area contributed by atoms with Crippen LogP contribution in [0.15, 0.2) is 66.6 Å². The minimum atomic E-state index is -0.229. The lowest BCUT2D eigenvalue weighted by Gasteiger charge is -2.07. The Kier molecular flexibility index (Phi) is 4.83. The van der Waals surface area contributed by atoms with Gasteiger partial charge in [-0.1, -0.05) is 30.0 Å². The van der Waals surface area contributed by atoms with Crippen molar-refractivity contribution in [2.75, 3.05) is 0 Å². The molecule has 0 unspecified atom stereocenters. The van der Waals surface area contributed by atoms with Crippen molar-refractivity contribution in [3.8, 4) is 11.4 Å². The zero-order valence-electron chi connectivity index (χ0n) is 12.4. The van der Waals surface area contributed by atoms with E-state index in [1.807, 2.05) is 22.8 Å². The van der Waals surface area contributed by atoms with Gasteiger partial charge in [0.2, 0.25) is 0 Å². The summed E-state index contributed by atoms with van der Waals surface area (Å²) in [4.78, 5) is 4.12. The fourth-order valence-electron chi connectivity index (χ4n) is 2.13. The van der Waals surface area contributed by atoms with Gasteiger partial charge in [-0.2, -0.15) is 0 Å². The van der Waals surface area contributed by atoms with E-state index in [0.29, 0.717) is 12.3 Å². The minimum absolute atomic E-state index is 0.229. The molecule has 0 radical (unpaired) electrons. The summed E-state index contributed by atoms with van der Waals surface area (Å²) in [6.45, 7) is 4.41. The molecule has 0 bridgehead atoms. The van der Waals surface area contributed by atoms with Crippen molar-refractivity contribution in [1.82, 2.24) is 19.7 Å². The Balaban J connectivity index is 1.83. The Hall–Kier alpha value is -2.47. The number of allylic oxidation sites excluding steroid dienone is 1. The van der Waals surface area contributed by atoms with Crippen molar-refractivity contribution in [2.45, 2.75) is 17.5 Å². The number of nitrogens with zero attached hydrogens (tertiary/aromatic N) is 4. The lowest BCUT2D eigenvalue weighted by atomic mass is 10.2. The molecule has 3 rings (SSSR count). The summed E-state index contributed by atoms with van der Waals surface area (Å²) in [6.07, 6.45) is 5.30. The largest absolute Gasteiger partial charge is 0.298 e. The third-order valence-electron chi connectivity index (χ3n) is 3.23. The first kappa shape index (κ1) is 15.4. The molecule has 23 heavy (non-hydrogen) atoms. The molecule has 0 aliphatic carbocycles. The first-order valence-electron chi connectivity index (χ1n) is 7.09. The monoisotopic (exact) mass is 326 g/mol. The molecule has 116 valence electrons. The predicted molar refractivity (Wildman–Crippen MR) is 89.4 cm³/mol. The van der Waals surface area contributed by atoms with Crippen LogP contribution in [0.4, 0.5) is 4.39 Å². The van der Waals surface area contributed by atoms with Gasteiger partial charge in [-0.15, -0.1) is 16.8 Å². The van der Waals surface area contributed by atoms with Crippen LogP contribution in [-0.4, -0.2) is 19.7 Å². The Labute approximate surface area is 138 Å². The van der Waals surface area contributed by atoms with Crippen molar-refractivity contribution < 1.29 is 4.39 Å². The number of thioether (sulfide) groups is 1. The maximum absolute atomic E-state index is 13.0. The van der Waals surface area contributed by atoms with Crippen LogP contribution < -0.4 is 0 Å². The number of hydrogen-bond donors (Lipinski definition) is 0. The van der Waals surface area contributed by atoms with Gasteiger partial charge in [0, 0.05) is 30.3 Å². The van der Waals surface area contributed by atoms with Crippen LogP contribution in [0.25, 0.3) is 11.4 Å². The fourth-order valence-corrected chi connectivity index (χ4v) is 3.03. The first-order valence-corrected chi connectivity index (χ1v) is 8.08. The van der Waals surface area contributed by atoms with E-state index in [1.54, 1.807) is 36.3 Å². The number of benzene rings is 1. The second kappa shape index (κ2) is 7.19. The van der Waals surface area contributed by atoms with Crippen molar-refractivity contribution >= 4 is 11.8 Å². The van der Waals surface area contributed by atoms with Gasteiger partial charge in [0.25, 0.3) is 0 Å². The number of aromatic nitrogens is 4. The zero-order chi connectivity index (χ0) is 16.1. The highest BCUT2D eigenvalue weighted by Crippen LogP contribution is 2.26. The van der Waals surface area contributed by atoms with E-state index in [-0.39, 0.29) is 5.82 Å². The standard InChI is InChI=1S/C17H15FN4S/c1-2-10-22-16(14-4-3-9-19-11-14)20-21-17(22)23-12-13-5-7-15(18)8-6-13/h2-9,11H,1,10,12H2. The van der Waals surface area contributed by atoms with Gasteiger partial charge >= 0.3 is 0 Å². The molecule has 2 aromatic heterocycles. The maximum atomic E-state index is 13.0. The molecule has 0 amide bonds. The zero-order valence-corrected chi connectivity index (χ0v) is 13.2. The Morgan fingerprint density at radius 1 is 1.17 bits per heavy atom. The second-order valence-electron chi connectivity index (χ2n) is 4.86. The summed E-state index contributed by atoms with van der Waals surface area (Å²) >= 11 is 1.56. The number of rotatable bonds is 6. The Morgan fingerprint density at radius 2 is 2.00 bits per heavy atom. The van der Waals surface area contributed by atoms with Gasteiger partial charge in [0.05, 0.1) is 0 Å². The molecular formula is C17H15FN4S. The third kappa shape index (κ3) is 3.65. The minimum Gasteiger partial charge on any atom is -0.298 e. The highest BCUT2D eigenvalue weighted by Gasteiger charge is 2.13. The quantitative estimate of drug-likeness (QED) is 0.508. The van der Waals surface area contributed by atoms with Crippen molar-refractivity contribution in [3.05, 3.63) is 72.8 Å². The average Bonchev–Trinajstić information content (AvgIpc) is 2.98. The normalized spacial score (nSPS) is 10.7. The Morgan fingerprint density at radius 3 is 2.70 bits per heavy atom. The molecule has 0 spiro atoms. The molecular weight excluding hydrogens is 311 g/mol. The van der Waals surface area contributed by atoms with Gasteiger partial charge in [0.1, 0.15) is 5.82 Å². The number of halogens is 1. The lowest BCUT2D eigenvalue weighted by molar-refractivity contribution is 0.627. The van der Waals surface area contributed by atoms with E-state index < -0.39 is 0 Å². The summed E-state index contributed by atoms with van der Waals surface area (Å²) in [5, 5.41) is 9.34. The van der Waals surface area contributed by atoms with E-state index in [2.05, 4.69) is 21.8 Å². The molecule has 0 saturated heterocycles. The molecule has 0 saturated carbocycles. The van der Waals surface area contributed by atoms with Gasteiger partial charge < -0.3 is 0 Å². The molecule has 0 atom stereocenters. The summed E-state index contributed by atoms with van der Waals surface area (Å²) in [5.41, 5.74) is 1.95. The van der Waals surface area contributed by atoms with Crippen molar-refractivity contribution in [3.63, 3.8) is 0 Å². The van der Waals surface area contributed by atoms with Crippen LogP contribution in [-0.2, 0) is 12.3 Å². The second-order valence-corrected chi connectivity index (χ2v) is 5.80. The van der Waals surface area contributed by atoms with Gasteiger partial charge in [-0.05, 0) is 29.8 Å². The fraction of sp³-hybridized carbons (Fsp3) is 0.118. The highest BCUT2D eigenvalue weighted by atomic mass is 32.2. The number of pyridine rings is 1. The van der Waals surface area contributed by atoms with E-state index in [1.165, 1.54) is 12.1 Å². The van der Waals surface area contributed by atoms with Gasteiger partial charge in [0.15, 0.2) is 11.0 Å². The Bertz CT molecular complexity index is 784. The summed E-state index contributed by atoms with van der Waals surface area (Å²) in [7, 11) is 0. The van der Waals surface area contributed by atoms with Gasteiger partial charge in [-0.3, -0.25) is 9.55 Å².